The molecule has 1 N–H and O–H groups in total. The standard InChI is InChI=1S/C24H35N5OS/c1-16-8-9-17-19(14-16)31-22-25-20(23(2,3)4)18(29(17)22)15-27-10-12-28(13-11-27)21(30)26-24(5,6)7/h8-9,14H,10-13,15H2,1-7H3,(H,26,30). The summed E-state index contributed by atoms with van der Waals surface area (Å²) in [4.78, 5) is 23.1. The van der Waals surface area contributed by atoms with Gasteiger partial charge in [-0.25, -0.2) is 9.78 Å². The van der Waals surface area contributed by atoms with Gasteiger partial charge in [0, 0.05) is 43.7 Å². The highest BCUT2D eigenvalue weighted by Gasteiger charge is 2.29. The number of urea groups is 1. The topological polar surface area (TPSA) is 52.9 Å². The molecule has 0 spiro atoms. The van der Waals surface area contributed by atoms with Crippen molar-refractivity contribution in [2.75, 3.05) is 26.2 Å². The number of hydrogen-bond donors (Lipinski definition) is 1. The van der Waals surface area contributed by atoms with Gasteiger partial charge in [-0.15, -0.1) is 0 Å². The fourth-order valence-electron chi connectivity index (χ4n) is 4.20. The lowest BCUT2D eigenvalue weighted by Crippen LogP contribution is -2.54. The molecule has 0 saturated carbocycles. The molecule has 1 aliphatic heterocycles. The van der Waals surface area contributed by atoms with Gasteiger partial charge in [0.15, 0.2) is 4.96 Å². The summed E-state index contributed by atoms with van der Waals surface area (Å²) >= 11 is 1.77. The predicted molar refractivity (Wildman–Crippen MR) is 129 cm³/mol. The number of imidazole rings is 1. The molecule has 1 aliphatic rings. The normalized spacial score (nSPS) is 16.4. The highest BCUT2D eigenvalue weighted by Crippen LogP contribution is 2.34. The van der Waals surface area contributed by atoms with Gasteiger partial charge in [0.05, 0.1) is 21.6 Å². The quantitative estimate of drug-likeness (QED) is 0.623. The SMILES string of the molecule is Cc1ccc2c(c1)sc1nc(C(C)(C)C)c(CN3CCN(C(=O)NC(C)(C)C)CC3)n12. The molecule has 2 aromatic heterocycles. The maximum atomic E-state index is 12.5. The van der Waals surface area contributed by atoms with Crippen LogP contribution < -0.4 is 5.32 Å². The molecule has 0 aliphatic carbocycles. The van der Waals surface area contributed by atoms with Crippen LogP contribution >= 0.6 is 11.3 Å². The molecule has 1 saturated heterocycles. The van der Waals surface area contributed by atoms with Gasteiger partial charge in [-0.1, -0.05) is 38.2 Å². The Morgan fingerprint density at radius 1 is 1.10 bits per heavy atom. The molecule has 3 aromatic rings. The Morgan fingerprint density at radius 3 is 2.39 bits per heavy atom. The van der Waals surface area contributed by atoms with Crippen LogP contribution in [0.25, 0.3) is 15.2 Å². The molecule has 0 unspecified atom stereocenters. The second kappa shape index (κ2) is 7.78. The Labute approximate surface area is 189 Å². The van der Waals surface area contributed by atoms with E-state index in [1.54, 1.807) is 11.3 Å². The molecule has 2 amide bonds. The van der Waals surface area contributed by atoms with Crippen molar-refractivity contribution in [1.29, 1.82) is 0 Å². The number of aromatic nitrogens is 2. The number of piperazine rings is 1. The van der Waals surface area contributed by atoms with E-state index in [1.165, 1.54) is 27.2 Å². The van der Waals surface area contributed by atoms with Gasteiger partial charge in [-0.3, -0.25) is 9.30 Å². The van der Waals surface area contributed by atoms with E-state index >= 15 is 0 Å². The van der Waals surface area contributed by atoms with Crippen LogP contribution in [0.4, 0.5) is 4.79 Å². The largest absolute Gasteiger partial charge is 0.333 e. The lowest BCUT2D eigenvalue weighted by molar-refractivity contribution is 0.129. The van der Waals surface area contributed by atoms with Crippen LogP contribution in [0.2, 0.25) is 0 Å². The number of nitrogens with one attached hydrogen (secondary N) is 1. The lowest BCUT2D eigenvalue weighted by Gasteiger charge is -2.36. The Morgan fingerprint density at radius 2 is 1.77 bits per heavy atom. The first-order chi connectivity index (χ1) is 14.4. The minimum Gasteiger partial charge on any atom is -0.333 e. The number of hydrogen-bond acceptors (Lipinski definition) is 4. The number of rotatable bonds is 2. The van der Waals surface area contributed by atoms with Crippen LogP contribution in [0.3, 0.4) is 0 Å². The minimum atomic E-state index is -0.211. The summed E-state index contributed by atoms with van der Waals surface area (Å²) in [6.07, 6.45) is 0. The van der Waals surface area contributed by atoms with Crippen LogP contribution in [0.15, 0.2) is 18.2 Å². The van der Waals surface area contributed by atoms with Gasteiger partial charge in [0.1, 0.15) is 0 Å². The van der Waals surface area contributed by atoms with E-state index in [-0.39, 0.29) is 17.0 Å². The molecule has 1 aromatic carbocycles. The third-order valence-corrected chi connectivity index (χ3v) is 6.73. The smallest absolute Gasteiger partial charge is 0.317 e. The highest BCUT2D eigenvalue weighted by atomic mass is 32.1. The van der Waals surface area contributed by atoms with Gasteiger partial charge < -0.3 is 10.2 Å². The number of carbonyl (C=O) groups is 1. The first-order valence-electron chi connectivity index (χ1n) is 11.1. The van der Waals surface area contributed by atoms with E-state index in [0.717, 1.165) is 37.7 Å². The molecule has 168 valence electrons. The fraction of sp³-hybridized carbons (Fsp3) is 0.583. The monoisotopic (exact) mass is 441 g/mol. The molecule has 0 atom stereocenters. The van der Waals surface area contributed by atoms with E-state index in [0.29, 0.717) is 0 Å². The van der Waals surface area contributed by atoms with Crippen LogP contribution in [0.5, 0.6) is 0 Å². The van der Waals surface area contributed by atoms with Crippen molar-refractivity contribution in [3.05, 3.63) is 35.2 Å². The Kier molecular flexibility index (Phi) is 5.54. The maximum Gasteiger partial charge on any atom is 0.317 e. The molecule has 7 heteroatoms. The number of carbonyl (C=O) groups excluding carboxylic acids is 1. The molecular weight excluding hydrogens is 406 g/mol. The Balaban J connectivity index is 1.59. The first-order valence-corrected chi connectivity index (χ1v) is 11.9. The second-order valence-corrected chi connectivity index (χ2v) is 11.8. The zero-order valence-electron chi connectivity index (χ0n) is 19.9. The average molecular weight is 442 g/mol. The fourth-order valence-corrected chi connectivity index (χ4v) is 5.34. The van der Waals surface area contributed by atoms with Gasteiger partial charge in [-0.05, 0) is 45.4 Å². The summed E-state index contributed by atoms with van der Waals surface area (Å²) < 4.78 is 3.64. The lowest BCUT2D eigenvalue weighted by atomic mass is 9.90. The van der Waals surface area contributed by atoms with Gasteiger partial charge in [-0.2, -0.15) is 0 Å². The summed E-state index contributed by atoms with van der Waals surface area (Å²) in [6, 6.07) is 6.69. The highest BCUT2D eigenvalue weighted by molar-refractivity contribution is 7.23. The molecule has 1 fully saturated rings. The van der Waals surface area contributed by atoms with E-state index in [9.17, 15) is 4.79 Å². The molecular formula is C24H35N5OS. The van der Waals surface area contributed by atoms with Crippen LogP contribution in [0.1, 0.15) is 58.5 Å². The third kappa shape index (κ3) is 4.58. The summed E-state index contributed by atoms with van der Waals surface area (Å²) in [7, 11) is 0. The third-order valence-electron chi connectivity index (χ3n) is 5.72. The summed E-state index contributed by atoms with van der Waals surface area (Å²) in [6.45, 7) is 19.0. The molecule has 6 nitrogen and oxygen atoms in total. The molecule has 3 heterocycles. The first kappa shape index (κ1) is 22.1. The zero-order valence-corrected chi connectivity index (χ0v) is 20.7. The van der Waals surface area contributed by atoms with Crippen molar-refractivity contribution in [3.63, 3.8) is 0 Å². The van der Waals surface area contributed by atoms with Crippen molar-refractivity contribution < 1.29 is 4.79 Å². The van der Waals surface area contributed by atoms with Crippen molar-refractivity contribution >= 4 is 32.5 Å². The maximum absolute atomic E-state index is 12.5. The van der Waals surface area contributed by atoms with Crippen molar-refractivity contribution in [1.82, 2.24) is 24.5 Å². The summed E-state index contributed by atoms with van der Waals surface area (Å²) in [5, 5.41) is 3.08. The number of benzene rings is 1. The van der Waals surface area contributed by atoms with Gasteiger partial charge in [0.25, 0.3) is 0 Å². The van der Waals surface area contributed by atoms with Crippen LogP contribution in [-0.2, 0) is 12.0 Å². The van der Waals surface area contributed by atoms with E-state index in [2.05, 4.69) is 60.5 Å². The molecule has 4 rings (SSSR count). The van der Waals surface area contributed by atoms with Crippen molar-refractivity contribution in [2.45, 2.75) is 66.0 Å². The van der Waals surface area contributed by atoms with Crippen molar-refractivity contribution in [3.8, 4) is 0 Å². The molecule has 31 heavy (non-hydrogen) atoms. The second-order valence-electron chi connectivity index (χ2n) is 10.8. The average Bonchev–Trinajstić information content (AvgIpc) is 3.17. The number of amides is 2. The summed E-state index contributed by atoms with van der Waals surface area (Å²) in [5.41, 5.74) is 4.74. The predicted octanol–water partition coefficient (Wildman–Crippen LogP) is 4.78. The number of nitrogens with zero attached hydrogens (tertiary/aromatic N) is 4. The van der Waals surface area contributed by atoms with E-state index < -0.39 is 0 Å². The van der Waals surface area contributed by atoms with Crippen LogP contribution in [-0.4, -0.2) is 56.9 Å². The minimum absolute atomic E-state index is 0.0213. The molecule has 0 radical (unpaired) electrons. The number of fused-ring (bicyclic) bond motifs is 3. The van der Waals surface area contributed by atoms with E-state index in [4.69, 9.17) is 4.98 Å². The number of aryl methyl sites for hydroxylation is 1. The summed E-state index contributed by atoms with van der Waals surface area (Å²) in [5.74, 6) is 0. The Bertz CT molecular complexity index is 1110. The van der Waals surface area contributed by atoms with Gasteiger partial charge >= 0.3 is 6.03 Å². The van der Waals surface area contributed by atoms with Crippen molar-refractivity contribution in [2.24, 2.45) is 0 Å². The number of thiazole rings is 1. The van der Waals surface area contributed by atoms with Crippen LogP contribution in [0, 0.1) is 6.92 Å². The molecule has 0 bridgehead atoms. The van der Waals surface area contributed by atoms with E-state index in [1.807, 2.05) is 25.7 Å². The van der Waals surface area contributed by atoms with Gasteiger partial charge in [0.2, 0.25) is 0 Å². The Hall–Kier alpha value is -2.12. The zero-order chi connectivity index (χ0) is 22.6.